The van der Waals surface area contributed by atoms with Gasteiger partial charge in [0, 0.05) is 18.9 Å². The number of anilines is 1. The van der Waals surface area contributed by atoms with Crippen LogP contribution in [0.5, 0.6) is 0 Å². The largest absolute Gasteiger partial charge is 0.480 e. The monoisotopic (exact) mass is 276 g/mol. The average molecular weight is 276 g/mol. The van der Waals surface area contributed by atoms with Gasteiger partial charge in [0.05, 0.1) is 6.54 Å². The normalized spacial score (nSPS) is 10.4. The Morgan fingerprint density at radius 1 is 1.40 bits per heavy atom. The molecule has 20 heavy (non-hydrogen) atoms. The van der Waals surface area contributed by atoms with Gasteiger partial charge in [-0.2, -0.15) is 0 Å². The topological polar surface area (TPSA) is 75.8 Å². The van der Waals surface area contributed by atoms with E-state index in [1.165, 1.54) is 0 Å². The van der Waals surface area contributed by atoms with Crippen molar-refractivity contribution in [2.24, 2.45) is 0 Å². The van der Waals surface area contributed by atoms with Gasteiger partial charge in [-0.05, 0) is 12.1 Å². The molecule has 1 N–H and O–H groups in total. The molecule has 0 aliphatic heterocycles. The third kappa shape index (κ3) is 3.83. The van der Waals surface area contributed by atoms with E-state index in [1.54, 1.807) is 18.1 Å². The molecule has 1 aromatic carbocycles. The van der Waals surface area contributed by atoms with Gasteiger partial charge < -0.3 is 19.3 Å². The summed E-state index contributed by atoms with van der Waals surface area (Å²) in [6.07, 6.45) is 0. The molecule has 2 aromatic rings. The third-order valence-electron chi connectivity index (χ3n) is 2.69. The Labute approximate surface area is 116 Å². The maximum Gasteiger partial charge on any atom is 0.323 e. The second kappa shape index (κ2) is 6.72. The summed E-state index contributed by atoms with van der Waals surface area (Å²) in [7, 11) is 1.57. The van der Waals surface area contributed by atoms with E-state index in [1.807, 2.05) is 30.3 Å². The van der Waals surface area contributed by atoms with Crippen LogP contribution in [-0.4, -0.2) is 29.9 Å². The highest BCUT2D eigenvalue weighted by Gasteiger charge is 2.14. The van der Waals surface area contributed by atoms with E-state index in [0.717, 1.165) is 5.69 Å². The molecule has 0 bridgehead atoms. The first-order chi connectivity index (χ1) is 9.69. The van der Waals surface area contributed by atoms with Crippen molar-refractivity contribution in [1.29, 1.82) is 0 Å². The van der Waals surface area contributed by atoms with Crippen LogP contribution in [0.3, 0.4) is 0 Å². The van der Waals surface area contributed by atoms with Crippen LogP contribution >= 0.6 is 0 Å². The van der Waals surface area contributed by atoms with Gasteiger partial charge in [0.25, 0.3) is 0 Å². The summed E-state index contributed by atoms with van der Waals surface area (Å²) < 4.78 is 10.1. The maximum atomic E-state index is 11.0. The highest BCUT2D eigenvalue weighted by Crippen LogP contribution is 2.16. The number of hydrogen-bond acceptors (Lipinski definition) is 5. The van der Waals surface area contributed by atoms with Crippen molar-refractivity contribution in [2.45, 2.75) is 13.2 Å². The van der Waals surface area contributed by atoms with Crippen molar-refractivity contribution in [1.82, 2.24) is 5.16 Å². The Bertz CT molecular complexity index is 553. The number of nitrogens with zero attached hydrogens (tertiary/aromatic N) is 2. The van der Waals surface area contributed by atoms with Crippen LogP contribution in [-0.2, 0) is 22.7 Å². The van der Waals surface area contributed by atoms with Crippen LogP contribution < -0.4 is 4.90 Å². The first-order valence-corrected chi connectivity index (χ1v) is 6.14. The lowest BCUT2D eigenvalue weighted by molar-refractivity contribution is -0.135. The fourth-order valence-corrected chi connectivity index (χ4v) is 1.88. The van der Waals surface area contributed by atoms with Crippen molar-refractivity contribution in [3.05, 3.63) is 47.9 Å². The predicted molar refractivity (Wildman–Crippen MR) is 72.3 cm³/mol. The van der Waals surface area contributed by atoms with Crippen LogP contribution in [0.15, 0.2) is 40.9 Å². The smallest absolute Gasteiger partial charge is 0.323 e. The number of aliphatic carboxylic acids is 1. The van der Waals surface area contributed by atoms with Crippen LogP contribution in [0.2, 0.25) is 0 Å². The Kier molecular flexibility index (Phi) is 4.73. The van der Waals surface area contributed by atoms with Gasteiger partial charge in [-0.15, -0.1) is 0 Å². The van der Waals surface area contributed by atoms with Crippen molar-refractivity contribution in [3.63, 3.8) is 0 Å². The molecular weight excluding hydrogens is 260 g/mol. The number of carboxylic acids is 1. The number of carbonyl (C=O) groups is 1. The number of carboxylic acid groups (broad SMARTS) is 1. The number of rotatable bonds is 7. The van der Waals surface area contributed by atoms with Gasteiger partial charge in [0.2, 0.25) is 0 Å². The molecule has 1 aromatic heterocycles. The molecule has 0 aliphatic rings. The van der Waals surface area contributed by atoms with Crippen LogP contribution in [0, 0.1) is 0 Å². The molecule has 0 aliphatic carbocycles. The lowest BCUT2D eigenvalue weighted by Crippen LogP contribution is -2.29. The number of hydrogen-bond donors (Lipinski definition) is 1. The summed E-state index contributed by atoms with van der Waals surface area (Å²) in [5, 5.41) is 12.9. The minimum atomic E-state index is -0.894. The molecule has 0 unspecified atom stereocenters. The highest BCUT2D eigenvalue weighted by molar-refractivity contribution is 5.73. The quantitative estimate of drug-likeness (QED) is 0.832. The van der Waals surface area contributed by atoms with Crippen LogP contribution in [0.1, 0.15) is 11.5 Å². The summed E-state index contributed by atoms with van der Waals surface area (Å²) in [6.45, 7) is 0.608. The van der Waals surface area contributed by atoms with Gasteiger partial charge in [-0.25, -0.2) is 0 Å². The average Bonchev–Trinajstić information content (AvgIpc) is 2.86. The molecular formula is C14H16N2O4. The van der Waals surface area contributed by atoms with Gasteiger partial charge in [0.15, 0.2) is 5.76 Å². The number of aromatic nitrogens is 1. The molecule has 0 amide bonds. The Morgan fingerprint density at radius 2 is 2.15 bits per heavy atom. The molecule has 0 fully saturated rings. The van der Waals surface area contributed by atoms with E-state index in [0.29, 0.717) is 24.6 Å². The van der Waals surface area contributed by atoms with Crippen LogP contribution in [0.25, 0.3) is 0 Å². The van der Waals surface area contributed by atoms with Crippen molar-refractivity contribution < 1.29 is 19.2 Å². The second-order valence-corrected chi connectivity index (χ2v) is 4.30. The molecule has 0 saturated heterocycles. The maximum absolute atomic E-state index is 11.0. The summed E-state index contributed by atoms with van der Waals surface area (Å²) in [5.74, 6) is -0.278. The van der Waals surface area contributed by atoms with Crippen molar-refractivity contribution >= 4 is 11.7 Å². The summed E-state index contributed by atoms with van der Waals surface area (Å²) in [6, 6.07) is 11.1. The summed E-state index contributed by atoms with van der Waals surface area (Å²) >= 11 is 0. The third-order valence-corrected chi connectivity index (χ3v) is 2.69. The molecule has 0 spiro atoms. The van der Waals surface area contributed by atoms with Gasteiger partial charge in [-0.3, -0.25) is 4.79 Å². The second-order valence-electron chi connectivity index (χ2n) is 4.30. The summed E-state index contributed by atoms with van der Waals surface area (Å²) in [4.78, 5) is 12.7. The number of methoxy groups -OCH3 is 1. The zero-order chi connectivity index (χ0) is 14.4. The van der Waals surface area contributed by atoms with Crippen molar-refractivity contribution in [2.75, 3.05) is 18.6 Å². The zero-order valence-corrected chi connectivity index (χ0v) is 11.2. The molecule has 6 heteroatoms. The van der Waals surface area contributed by atoms with E-state index in [4.69, 9.17) is 14.4 Å². The highest BCUT2D eigenvalue weighted by atomic mass is 16.5. The minimum Gasteiger partial charge on any atom is -0.480 e. The first kappa shape index (κ1) is 14.1. The molecule has 0 saturated carbocycles. The zero-order valence-electron chi connectivity index (χ0n) is 11.2. The molecule has 106 valence electrons. The standard InChI is InChI=1S/C14H16N2O4/c1-19-10-13-7-11(15-20-13)8-16(9-14(17)18)12-5-3-2-4-6-12/h2-7H,8-10H2,1H3,(H,17,18). The van der Waals surface area contributed by atoms with Crippen molar-refractivity contribution in [3.8, 4) is 0 Å². The Hall–Kier alpha value is -2.34. The first-order valence-electron chi connectivity index (χ1n) is 6.14. The molecule has 2 rings (SSSR count). The molecule has 0 atom stereocenters. The van der Waals surface area contributed by atoms with E-state index in [2.05, 4.69) is 5.16 Å². The van der Waals surface area contributed by atoms with E-state index < -0.39 is 5.97 Å². The molecule has 6 nitrogen and oxygen atoms in total. The van der Waals surface area contributed by atoms with Gasteiger partial charge in [-0.1, -0.05) is 23.4 Å². The number of benzene rings is 1. The SMILES string of the molecule is COCc1cc(CN(CC(=O)O)c2ccccc2)no1. The number of para-hydroxylation sites is 1. The Morgan fingerprint density at radius 3 is 2.80 bits per heavy atom. The van der Waals surface area contributed by atoms with E-state index in [-0.39, 0.29) is 6.54 Å². The fourth-order valence-electron chi connectivity index (χ4n) is 1.88. The van der Waals surface area contributed by atoms with Gasteiger partial charge >= 0.3 is 5.97 Å². The lowest BCUT2D eigenvalue weighted by atomic mass is 10.2. The van der Waals surface area contributed by atoms with Gasteiger partial charge in [0.1, 0.15) is 18.8 Å². The van der Waals surface area contributed by atoms with E-state index >= 15 is 0 Å². The molecule has 0 radical (unpaired) electrons. The Balaban J connectivity index is 2.12. The van der Waals surface area contributed by atoms with Crippen LogP contribution in [0.4, 0.5) is 5.69 Å². The minimum absolute atomic E-state index is 0.101. The molecule has 1 heterocycles. The summed E-state index contributed by atoms with van der Waals surface area (Å²) in [5.41, 5.74) is 1.49. The number of ether oxygens (including phenoxy) is 1. The van der Waals surface area contributed by atoms with E-state index in [9.17, 15) is 4.79 Å². The predicted octanol–water partition coefficient (Wildman–Crippen LogP) is 1.91. The fraction of sp³-hybridized carbons (Fsp3) is 0.286. The lowest BCUT2D eigenvalue weighted by Gasteiger charge is -2.21.